The number of anilines is 1. The lowest BCUT2D eigenvalue weighted by Crippen LogP contribution is -2.24. The lowest BCUT2D eigenvalue weighted by atomic mass is 10.2. The Morgan fingerprint density at radius 3 is 2.62 bits per heavy atom. The number of carbonyl (C=O) groups excluding carboxylic acids is 1. The molecule has 0 bridgehead atoms. The van der Waals surface area contributed by atoms with Crippen molar-refractivity contribution >= 4 is 22.9 Å². The van der Waals surface area contributed by atoms with Crippen molar-refractivity contribution in [3.05, 3.63) is 73.2 Å². The highest BCUT2D eigenvalue weighted by Gasteiger charge is 2.12. The van der Waals surface area contributed by atoms with Crippen molar-refractivity contribution in [3.8, 4) is 0 Å². The molecule has 9 nitrogen and oxygen atoms in total. The zero-order valence-electron chi connectivity index (χ0n) is 12.1. The van der Waals surface area contributed by atoms with Gasteiger partial charge in [-0.1, -0.05) is 30.3 Å². The first-order valence-electron chi connectivity index (χ1n) is 6.81. The zero-order chi connectivity index (χ0) is 17.1. The quantitative estimate of drug-likeness (QED) is 0.654. The number of hydrogen-bond acceptors (Lipinski definition) is 6. The van der Waals surface area contributed by atoms with Crippen molar-refractivity contribution in [2.24, 2.45) is 0 Å². The molecule has 0 fully saturated rings. The highest BCUT2D eigenvalue weighted by atomic mass is 16.5. The molecule has 0 aliphatic carbocycles. The van der Waals surface area contributed by atoms with Gasteiger partial charge in [0.1, 0.15) is 17.7 Å². The minimum absolute atomic E-state index is 0.0134. The van der Waals surface area contributed by atoms with Gasteiger partial charge < -0.3 is 9.15 Å². The van der Waals surface area contributed by atoms with Crippen LogP contribution in [0.4, 0.5) is 10.5 Å². The molecule has 0 spiro atoms. The minimum Gasteiger partial charge on any atom is -0.444 e. The number of aromatic nitrogens is 2. The van der Waals surface area contributed by atoms with Crippen LogP contribution in [0, 0.1) is 0 Å². The molecule has 0 unspecified atom stereocenters. The molecule has 1 aromatic carbocycles. The van der Waals surface area contributed by atoms with Crippen LogP contribution >= 0.6 is 0 Å². The molecule has 3 aromatic rings. The molecular formula is C15H11N3O6. The fourth-order valence-corrected chi connectivity index (χ4v) is 1.99. The maximum absolute atomic E-state index is 11.8. The molecule has 0 radical (unpaired) electrons. The number of benzene rings is 1. The average molecular weight is 329 g/mol. The van der Waals surface area contributed by atoms with Crippen LogP contribution < -0.4 is 22.2 Å². The van der Waals surface area contributed by atoms with Gasteiger partial charge in [0, 0.05) is 0 Å². The van der Waals surface area contributed by atoms with Crippen molar-refractivity contribution < 1.29 is 13.9 Å². The van der Waals surface area contributed by atoms with Crippen LogP contribution in [-0.4, -0.2) is 16.1 Å². The Labute approximate surface area is 132 Å². The predicted octanol–water partition coefficient (Wildman–Crippen LogP) is 0.918. The first-order chi connectivity index (χ1) is 11.5. The van der Waals surface area contributed by atoms with Crippen molar-refractivity contribution in [1.29, 1.82) is 0 Å². The van der Waals surface area contributed by atoms with Crippen LogP contribution in [0.2, 0.25) is 0 Å². The van der Waals surface area contributed by atoms with E-state index in [-0.39, 0.29) is 23.4 Å². The van der Waals surface area contributed by atoms with Gasteiger partial charge >= 0.3 is 17.4 Å². The second-order valence-electron chi connectivity index (χ2n) is 4.79. The molecular weight excluding hydrogens is 318 g/mol. The molecule has 2 aromatic heterocycles. The number of nitrogens with one attached hydrogen (secondary N) is 3. The van der Waals surface area contributed by atoms with Gasteiger partial charge in [0.15, 0.2) is 0 Å². The Kier molecular flexibility index (Phi) is 3.98. The summed E-state index contributed by atoms with van der Waals surface area (Å²) in [5.74, 6) is 0. The van der Waals surface area contributed by atoms with Crippen LogP contribution in [0.3, 0.4) is 0 Å². The maximum atomic E-state index is 11.8. The second kappa shape index (κ2) is 6.24. The maximum Gasteiger partial charge on any atom is 0.412 e. The zero-order valence-corrected chi connectivity index (χ0v) is 12.1. The molecule has 3 rings (SSSR count). The van der Waals surface area contributed by atoms with Gasteiger partial charge in [-0.2, -0.15) is 0 Å². The first-order valence-corrected chi connectivity index (χ1v) is 6.81. The summed E-state index contributed by atoms with van der Waals surface area (Å²) in [5, 5.41) is 2.11. The molecule has 24 heavy (non-hydrogen) atoms. The van der Waals surface area contributed by atoms with Crippen molar-refractivity contribution in [2.45, 2.75) is 6.61 Å². The third kappa shape index (κ3) is 3.24. The summed E-state index contributed by atoms with van der Waals surface area (Å²) in [7, 11) is 0. The van der Waals surface area contributed by atoms with E-state index < -0.39 is 23.0 Å². The smallest absolute Gasteiger partial charge is 0.412 e. The van der Waals surface area contributed by atoms with Gasteiger partial charge in [-0.3, -0.25) is 20.1 Å². The molecule has 9 heteroatoms. The Morgan fingerprint density at radius 1 is 1.12 bits per heavy atom. The molecule has 0 saturated carbocycles. The van der Waals surface area contributed by atoms with Crippen LogP contribution in [0.1, 0.15) is 5.56 Å². The van der Waals surface area contributed by atoms with E-state index in [0.717, 1.165) is 11.6 Å². The third-order valence-corrected chi connectivity index (χ3v) is 3.10. The largest absolute Gasteiger partial charge is 0.444 e. The summed E-state index contributed by atoms with van der Waals surface area (Å²) in [5.41, 5.74) is -2.28. The Bertz CT molecular complexity index is 1060. The SMILES string of the molecule is O=C(Nc1cc2c(=O)[nH]c(=O)[nH]c2oc1=O)OCc1ccccc1. The normalized spacial score (nSPS) is 10.5. The van der Waals surface area contributed by atoms with Gasteiger partial charge in [0.2, 0.25) is 5.71 Å². The molecule has 2 heterocycles. The van der Waals surface area contributed by atoms with Gasteiger partial charge in [-0.25, -0.2) is 14.4 Å². The molecule has 3 N–H and O–H groups in total. The fourth-order valence-electron chi connectivity index (χ4n) is 1.99. The van der Waals surface area contributed by atoms with E-state index in [1.165, 1.54) is 0 Å². The molecule has 0 aliphatic heterocycles. The lowest BCUT2D eigenvalue weighted by molar-refractivity contribution is 0.155. The van der Waals surface area contributed by atoms with Gasteiger partial charge in [-0.15, -0.1) is 0 Å². The summed E-state index contributed by atoms with van der Waals surface area (Å²) in [6.07, 6.45) is -0.883. The number of H-pyrrole nitrogens is 2. The number of hydrogen-bond donors (Lipinski definition) is 3. The van der Waals surface area contributed by atoms with Crippen LogP contribution in [0.5, 0.6) is 0 Å². The van der Waals surface area contributed by atoms with Gasteiger partial charge in [0.25, 0.3) is 5.56 Å². The number of fused-ring (bicyclic) bond motifs is 1. The highest BCUT2D eigenvalue weighted by Crippen LogP contribution is 2.09. The van der Waals surface area contributed by atoms with E-state index in [9.17, 15) is 19.2 Å². The van der Waals surface area contributed by atoms with E-state index >= 15 is 0 Å². The van der Waals surface area contributed by atoms with Crippen molar-refractivity contribution in [1.82, 2.24) is 9.97 Å². The molecule has 0 aliphatic rings. The van der Waals surface area contributed by atoms with E-state index in [4.69, 9.17) is 9.15 Å². The summed E-state index contributed by atoms with van der Waals surface area (Å²) in [6, 6.07) is 10.1. The second-order valence-corrected chi connectivity index (χ2v) is 4.79. The van der Waals surface area contributed by atoms with E-state index in [1.807, 2.05) is 11.1 Å². The number of amides is 1. The third-order valence-electron chi connectivity index (χ3n) is 3.10. The van der Waals surface area contributed by atoms with Gasteiger partial charge in [0.05, 0.1) is 0 Å². The molecule has 0 saturated heterocycles. The van der Waals surface area contributed by atoms with Crippen LogP contribution in [0.25, 0.3) is 11.1 Å². The van der Waals surface area contributed by atoms with Gasteiger partial charge in [-0.05, 0) is 11.6 Å². The number of ether oxygens (including phenoxy) is 1. The molecule has 0 atom stereocenters. The number of aromatic amines is 2. The molecule has 122 valence electrons. The Morgan fingerprint density at radius 2 is 1.88 bits per heavy atom. The summed E-state index contributed by atoms with van der Waals surface area (Å²) in [4.78, 5) is 50.5. The topological polar surface area (TPSA) is 134 Å². The van der Waals surface area contributed by atoms with Crippen molar-refractivity contribution in [3.63, 3.8) is 0 Å². The van der Waals surface area contributed by atoms with Crippen molar-refractivity contribution in [2.75, 3.05) is 5.32 Å². The summed E-state index contributed by atoms with van der Waals surface area (Å²) in [6.45, 7) is 0.0134. The van der Waals surface area contributed by atoms with E-state index in [1.54, 1.807) is 24.3 Å². The Balaban J connectivity index is 1.81. The van der Waals surface area contributed by atoms with Crippen LogP contribution in [-0.2, 0) is 11.3 Å². The monoisotopic (exact) mass is 329 g/mol. The number of rotatable bonds is 3. The first kappa shape index (κ1) is 15.3. The minimum atomic E-state index is -0.930. The highest BCUT2D eigenvalue weighted by molar-refractivity contribution is 5.87. The summed E-state index contributed by atoms with van der Waals surface area (Å²) < 4.78 is 9.79. The van der Waals surface area contributed by atoms with Crippen LogP contribution in [0.15, 0.2) is 55.2 Å². The lowest BCUT2D eigenvalue weighted by Gasteiger charge is -2.06. The van der Waals surface area contributed by atoms with E-state index in [0.29, 0.717) is 0 Å². The fraction of sp³-hybridized carbons (Fsp3) is 0.0667. The predicted molar refractivity (Wildman–Crippen MR) is 84.0 cm³/mol. The Hall–Kier alpha value is -3.62. The molecule has 1 amide bonds. The number of carbonyl (C=O) groups is 1. The van der Waals surface area contributed by atoms with E-state index in [2.05, 4.69) is 10.3 Å². The standard InChI is InChI=1S/C15H11N3O6/c19-11-9-6-10(13(20)24-12(9)18-14(21)17-11)16-15(22)23-7-8-4-2-1-3-5-8/h1-6H,7H2,(H,16,22)(H2,17,18,19,21). The summed E-state index contributed by atoms with van der Waals surface area (Å²) >= 11 is 0. The average Bonchev–Trinajstić information content (AvgIpc) is 2.55.